The van der Waals surface area contributed by atoms with Gasteiger partial charge < -0.3 is 4.57 Å². The van der Waals surface area contributed by atoms with Crippen LogP contribution >= 0.6 is 0 Å². The van der Waals surface area contributed by atoms with Crippen LogP contribution in [0.5, 0.6) is 0 Å². The Hall–Kier alpha value is -7.03. The molecule has 276 valence electrons. The van der Waals surface area contributed by atoms with Crippen molar-refractivity contribution in [3.8, 4) is 28.1 Å². The molecule has 0 fully saturated rings. The molecule has 11 rings (SSSR count). The van der Waals surface area contributed by atoms with Crippen molar-refractivity contribution >= 4 is 33.0 Å². The number of benzene rings is 6. The fourth-order valence-electron chi connectivity index (χ4n) is 9.92. The van der Waals surface area contributed by atoms with Gasteiger partial charge >= 0.3 is 0 Å². The van der Waals surface area contributed by atoms with Gasteiger partial charge in [-0.2, -0.15) is 0 Å². The molecular weight excluding hydrogens is 701 g/mol. The molecule has 0 saturated heterocycles. The first kappa shape index (κ1) is 34.2. The van der Waals surface area contributed by atoms with Crippen LogP contribution in [-0.2, 0) is 11.8 Å². The zero-order valence-corrected chi connectivity index (χ0v) is 32.6. The van der Waals surface area contributed by atoms with Crippen molar-refractivity contribution in [2.24, 2.45) is 0 Å². The lowest BCUT2D eigenvalue weighted by molar-refractivity contribution is 0.747. The third-order valence-corrected chi connectivity index (χ3v) is 12.5. The topological polar surface area (TPSA) is 17.8 Å². The van der Waals surface area contributed by atoms with Crippen LogP contribution < -0.4 is 0 Å². The minimum absolute atomic E-state index is 0.425. The standard InChI is InChI=1S/C56H42N2/c1-2-39(42-36-51(40-20-7-4-3-5-8-21-40)57-52(37-42)41-22-9-6-10-23-41)24-17-19-38-33-34-49-54(35-38)58-53-32-16-13-27-45(53)46-28-18-31-50(55(46)58)56(49)47-29-14-11-25-43(47)44-26-12-15-30-48(44)56/h2,4,6-18,20-37H,3,5,19H2,1H3/b7-4-,21-8-,24-17-,39-2+,40-20+. The Morgan fingerprint density at radius 2 is 1.36 bits per heavy atom. The summed E-state index contributed by atoms with van der Waals surface area (Å²) in [6, 6.07) is 56.2. The second-order valence-electron chi connectivity index (χ2n) is 15.6. The van der Waals surface area contributed by atoms with Gasteiger partial charge in [0.25, 0.3) is 0 Å². The van der Waals surface area contributed by atoms with E-state index in [-0.39, 0.29) is 0 Å². The van der Waals surface area contributed by atoms with Gasteiger partial charge in [0.05, 0.1) is 33.5 Å². The fraction of sp³-hybridized carbons (Fsp3) is 0.0893. The molecule has 2 heteroatoms. The summed E-state index contributed by atoms with van der Waals surface area (Å²) in [5.41, 5.74) is 19.3. The molecule has 0 N–H and O–H groups in total. The van der Waals surface area contributed by atoms with Gasteiger partial charge in [-0.3, -0.25) is 0 Å². The monoisotopic (exact) mass is 742 g/mol. The van der Waals surface area contributed by atoms with Crippen LogP contribution in [0, 0.1) is 0 Å². The van der Waals surface area contributed by atoms with Crippen LogP contribution in [0.25, 0.3) is 61.0 Å². The smallest absolute Gasteiger partial charge is 0.0754 e. The summed E-state index contributed by atoms with van der Waals surface area (Å²) < 4.78 is 2.55. The maximum Gasteiger partial charge on any atom is 0.0754 e. The molecule has 0 unspecified atom stereocenters. The number of hydrogen-bond acceptors (Lipinski definition) is 1. The summed E-state index contributed by atoms with van der Waals surface area (Å²) >= 11 is 0. The van der Waals surface area contributed by atoms with Crippen LogP contribution in [0.15, 0.2) is 200 Å². The molecule has 58 heavy (non-hydrogen) atoms. The van der Waals surface area contributed by atoms with E-state index in [9.17, 15) is 0 Å². The number of para-hydroxylation sites is 2. The van der Waals surface area contributed by atoms with E-state index in [4.69, 9.17) is 4.98 Å². The largest absolute Gasteiger partial charge is 0.309 e. The van der Waals surface area contributed by atoms with Crippen molar-refractivity contribution in [3.63, 3.8) is 0 Å². The maximum atomic E-state index is 5.19. The highest BCUT2D eigenvalue weighted by Gasteiger charge is 2.50. The second kappa shape index (κ2) is 13.9. The molecule has 3 heterocycles. The molecule has 8 aromatic rings. The lowest BCUT2D eigenvalue weighted by Crippen LogP contribution is -2.33. The quantitative estimate of drug-likeness (QED) is 0.155. The average molecular weight is 743 g/mol. The number of allylic oxidation sites excluding steroid dienone is 10. The van der Waals surface area contributed by atoms with Gasteiger partial charge in [0.1, 0.15) is 0 Å². The molecule has 6 aromatic carbocycles. The predicted molar refractivity (Wildman–Crippen MR) is 243 cm³/mol. The van der Waals surface area contributed by atoms with Crippen molar-refractivity contribution in [1.82, 2.24) is 9.55 Å². The maximum absolute atomic E-state index is 5.19. The zero-order chi connectivity index (χ0) is 38.6. The van der Waals surface area contributed by atoms with Crippen LogP contribution in [0.2, 0.25) is 0 Å². The Labute approximate surface area is 340 Å². The minimum atomic E-state index is -0.425. The van der Waals surface area contributed by atoms with Gasteiger partial charge in [-0.15, -0.1) is 0 Å². The van der Waals surface area contributed by atoms with Crippen molar-refractivity contribution < 1.29 is 0 Å². The molecule has 1 spiro atoms. The average Bonchev–Trinajstić information content (AvgIpc) is 3.76. The van der Waals surface area contributed by atoms with Gasteiger partial charge in [-0.05, 0) is 106 Å². The van der Waals surface area contributed by atoms with Gasteiger partial charge in [0.15, 0.2) is 0 Å². The van der Waals surface area contributed by atoms with E-state index in [1.165, 1.54) is 72.0 Å². The highest BCUT2D eigenvalue weighted by atomic mass is 15.0. The molecule has 2 aromatic heterocycles. The SMILES string of the molecule is C/C=C(\C=C/Cc1ccc2c(c1)-n1c3ccccc3c3cccc(c31)C21c2ccccc2-c2ccccc21)c1cc(C2=C/C=C\CC/C=C\2)nc(-c2ccccc2)c1. The molecular formula is C56H42N2. The number of hydrogen-bond donors (Lipinski definition) is 0. The number of aromatic nitrogens is 2. The lowest BCUT2D eigenvalue weighted by atomic mass is 9.65. The predicted octanol–water partition coefficient (Wildman–Crippen LogP) is 14.0. The second-order valence-corrected chi connectivity index (χ2v) is 15.6. The molecule has 2 aliphatic carbocycles. The van der Waals surface area contributed by atoms with E-state index in [1.807, 2.05) is 0 Å². The van der Waals surface area contributed by atoms with Crippen molar-refractivity contribution in [3.05, 3.63) is 239 Å². The third kappa shape index (κ3) is 5.22. The normalized spacial score (nSPS) is 17.1. The zero-order valence-electron chi connectivity index (χ0n) is 32.6. The molecule has 0 saturated carbocycles. The number of nitrogens with zero attached hydrogens (tertiary/aromatic N) is 2. The first-order valence-electron chi connectivity index (χ1n) is 20.5. The first-order chi connectivity index (χ1) is 28.7. The van der Waals surface area contributed by atoms with E-state index in [0.717, 1.165) is 47.4 Å². The van der Waals surface area contributed by atoms with Gasteiger partial charge in [-0.1, -0.05) is 176 Å². The molecule has 0 radical (unpaired) electrons. The Balaban J connectivity index is 1.04. The van der Waals surface area contributed by atoms with E-state index < -0.39 is 5.41 Å². The third-order valence-electron chi connectivity index (χ3n) is 12.5. The van der Waals surface area contributed by atoms with Crippen molar-refractivity contribution in [2.45, 2.75) is 31.6 Å². The molecule has 2 nitrogen and oxygen atoms in total. The number of fused-ring (bicyclic) bond motifs is 12. The summed E-state index contributed by atoms with van der Waals surface area (Å²) in [6.07, 6.45) is 20.8. The van der Waals surface area contributed by atoms with Crippen molar-refractivity contribution in [2.75, 3.05) is 0 Å². The van der Waals surface area contributed by atoms with Gasteiger partial charge in [0.2, 0.25) is 0 Å². The van der Waals surface area contributed by atoms with Crippen LogP contribution in [0.4, 0.5) is 0 Å². The van der Waals surface area contributed by atoms with Crippen LogP contribution in [0.1, 0.15) is 58.8 Å². The molecule has 0 bridgehead atoms. The Bertz CT molecular complexity index is 3050. The van der Waals surface area contributed by atoms with Gasteiger partial charge in [-0.25, -0.2) is 4.98 Å². The molecule has 3 aliphatic rings. The number of rotatable bonds is 6. The minimum Gasteiger partial charge on any atom is -0.309 e. The highest BCUT2D eigenvalue weighted by Crippen LogP contribution is 2.61. The fourth-order valence-corrected chi connectivity index (χ4v) is 9.92. The number of pyridine rings is 1. The van der Waals surface area contributed by atoms with Crippen molar-refractivity contribution in [1.29, 1.82) is 0 Å². The summed E-state index contributed by atoms with van der Waals surface area (Å²) in [4.78, 5) is 5.19. The molecule has 0 amide bonds. The summed E-state index contributed by atoms with van der Waals surface area (Å²) in [5.74, 6) is 0. The summed E-state index contributed by atoms with van der Waals surface area (Å²) in [6.45, 7) is 2.13. The lowest BCUT2D eigenvalue weighted by Gasteiger charge is -2.39. The van der Waals surface area contributed by atoms with Crippen LogP contribution in [-0.4, -0.2) is 9.55 Å². The van der Waals surface area contributed by atoms with E-state index in [1.54, 1.807) is 0 Å². The van der Waals surface area contributed by atoms with E-state index in [0.29, 0.717) is 0 Å². The summed E-state index contributed by atoms with van der Waals surface area (Å²) in [5, 5.41) is 2.59. The molecule has 0 atom stereocenters. The first-order valence-corrected chi connectivity index (χ1v) is 20.5. The van der Waals surface area contributed by atoms with Gasteiger partial charge in [0, 0.05) is 16.3 Å². The molecule has 1 aliphatic heterocycles. The Morgan fingerprint density at radius 3 is 2.19 bits per heavy atom. The van der Waals surface area contributed by atoms with Crippen LogP contribution in [0.3, 0.4) is 0 Å². The Morgan fingerprint density at radius 1 is 0.655 bits per heavy atom. The highest BCUT2D eigenvalue weighted by molar-refractivity contribution is 6.12. The summed E-state index contributed by atoms with van der Waals surface area (Å²) in [7, 11) is 0. The van der Waals surface area contributed by atoms with E-state index in [2.05, 4.69) is 212 Å². The Kier molecular flexibility index (Phi) is 8.18. The van der Waals surface area contributed by atoms with E-state index >= 15 is 0 Å².